The van der Waals surface area contributed by atoms with Crippen LogP contribution in [-0.4, -0.2) is 37.3 Å². The molecule has 8 heteroatoms. The lowest BCUT2D eigenvalue weighted by Gasteiger charge is -2.14. The summed E-state index contributed by atoms with van der Waals surface area (Å²) < 4.78 is 12.0. The van der Waals surface area contributed by atoms with Gasteiger partial charge in [-0.1, -0.05) is 12.2 Å². The average Bonchev–Trinajstić information content (AvgIpc) is 3.31. The van der Waals surface area contributed by atoms with Gasteiger partial charge in [-0.05, 0) is 56.2 Å². The van der Waals surface area contributed by atoms with E-state index in [1.54, 1.807) is 13.2 Å². The lowest BCUT2D eigenvalue weighted by molar-refractivity contribution is -0.140. The van der Waals surface area contributed by atoms with Crippen molar-refractivity contribution in [1.82, 2.24) is 5.01 Å². The smallest absolute Gasteiger partial charge is 0.254 e. The van der Waals surface area contributed by atoms with Gasteiger partial charge in [0.25, 0.3) is 11.8 Å². The summed E-state index contributed by atoms with van der Waals surface area (Å²) in [4.78, 5) is 25.4. The van der Waals surface area contributed by atoms with Gasteiger partial charge >= 0.3 is 0 Å². The van der Waals surface area contributed by atoms with E-state index in [4.69, 9.17) is 9.47 Å². The number of carbonyl (C=O) groups excluding carboxylic acids is 2. The van der Waals surface area contributed by atoms with Crippen LogP contribution < -0.4 is 9.47 Å². The number of hydrogen-bond acceptors (Lipinski definition) is 5. The van der Waals surface area contributed by atoms with E-state index in [1.807, 2.05) is 0 Å². The van der Waals surface area contributed by atoms with Crippen molar-refractivity contribution in [3.8, 4) is 11.5 Å². The van der Waals surface area contributed by atoms with E-state index < -0.39 is 0 Å². The maximum Gasteiger partial charge on any atom is 0.254 e. The Morgan fingerprint density at radius 2 is 1.69 bits per heavy atom. The molecular formula is C18H16Br2N2O4. The SMILES string of the molecule is COc1cc(C=NN2C(=O)C3C4C=CC(C4)C3C2=O)c(Br)c(Br)c1OC. The molecule has 6 nitrogen and oxygen atoms in total. The summed E-state index contributed by atoms with van der Waals surface area (Å²) in [7, 11) is 3.09. The van der Waals surface area contributed by atoms with Gasteiger partial charge in [-0.3, -0.25) is 9.59 Å². The van der Waals surface area contributed by atoms with Crippen LogP contribution in [0.25, 0.3) is 0 Å². The molecule has 26 heavy (non-hydrogen) atoms. The quantitative estimate of drug-likeness (QED) is 0.374. The van der Waals surface area contributed by atoms with Crippen molar-refractivity contribution in [3.05, 3.63) is 32.7 Å². The number of ether oxygens (including phenoxy) is 2. The Balaban J connectivity index is 1.64. The first kappa shape index (κ1) is 17.7. The van der Waals surface area contributed by atoms with Crippen molar-refractivity contribution in [1.29, 1.82) is 0 Å². The molecule has 0 aromatic heterocycles. The van der Waals surface area contributed by atoms with E-state index in [0.717, 1.165) is 11.4 Å². The molecule has 4 atom stereocenters. The number of carbonyl (C=O) groups is 2. The molecule has 0 radical (unpaired) electrons. The van der Waals surface area contributed by atoms with Gasteiger partial charge in [0.15, 0.2) is 11.5 Å². The maximum absolute atomic E-state index is 12.7. The van der Waals surface area contributed by atoms with Crippen molar-refractivity contribution >= 4 is 49.9 Å². The predicted molar refractivity (Wildman–Crippen MR) is 102 cm³/mol. The number of rotatable bonds is 4. The Morgan fingerprint density at radius 1 is 1.08 bits per heavy atom. The van der Waals surface area contributed by atoms with Crippen molar-refractivity contribution in [2.75, 3.05) is 14.2 Å². The molecular weight excluding hydrogens is 468 g/mol. The number of imide groups is 1. The summed E-state index contributed by atoms with van der Waals surface area (Å²) in [5.41, 5.74) is 0.660. The van der Waals surface area contributed by atoms with Gasteiger partial charge < -0.3 is 9.47 Å². The number of amides is 2. The number of fused-ring (bicyclic) bond motifs is 5. The van der Waals surface area contributed by atoms with E-state index in [-0.39, 0.29) is 35.5 Å². The highest BCUT2D eigenvalue weighted by Gasteiger charge is 2.59. The van der Waals surface area contributed by atoms with Crippen LogP contribution >= 0.6 is 31.9 Å². The van der Waals surface area contributed by atoms with E-state index in [9.17, 15) is 9.59 Å². The van der Waals surface area contributed by atoms with Gasteiger partial charge in [-0.15, -0.1) is 0 Å². The van der Waals surface area contributed by atoms with Crippen molar-refractivity contribution < 1.29 is 19.1 Å². The van der Waals surface area contributed by atoms with Gasteiger partial charge in [0.1, 0.15) is 0 Å². The number of hydrogen-bond donors (Lipinski definition) is 0. The summed E-state index contributed by atoms with van der Waals surface area (Å²) in [6, 6.07) is 1.73. The van der Waals surface area contributed by atoms with Crippen LogP contribution in [0.3, 0.4) is 0 Å². The third-order valence-electron chi connectivity index (χ3n) is 5.34. The van der Waals surface area contributed by atoms with Crippen LogP contribution in [0.2, 0.25) is 0 Å². The molecule has 1 saturated carbocycles. The Kier molecular flexibility index (Phi) is 4.43. The Hall–Kier alpha value is -1.67. The van der Waals surface area contributed by atoms with E-state index in [2.05, 4.69) is 49.1 Å². The monoisotopic (exact) mass is 482 g/mol. The molecule has 3 aliphatic rings. The van der Waals surface area contributed by atoms with E-state index in [1.165, 1.54) is 13.3 Å². The molecule has 1 aromatic rings. The summed E-state index contributed by atoms with van der Waals surface area (Å²) in [6.07, 6.45) is 6.51. The molecule has 1 saturated heterocycles. The molecule has 0 N–H and O–H groups in total. The van der Waals surface area contributed by atoms with Crippen LogP contribution in [0.4, 0.5) is 0 Å². The summed E-state index contributed by atoms with van der Waals surface area (Å²) in [5, 5.41) is 5.23. The zero-order valence-electron chi connectivity index (χ0n) is 14.1. The molecule has 2 bridgehead atoms. The van der Waals surface area contributed by atoms with Crippen molar-refractivity contribution in [2.45, 2.75) is 6.42 Å². The summed E-state index contributed by atoms with van der Waals surface area (Å²) in [6.45, 7) is 0. The normalized spacial score (nSPS) is 29.2. The van der Waals surface area contributed by atoms with Crippen LogP contribution in [0.5, 0.6) is 11.5 Å². The fourth-order valence-electron chi connectivity index (χ4n) is 4.16. The predicted octanol–water partition coefficient (Wildman–Crippen LogP) is 3.37. The third kappa shape index (κ3) is 2.45. The standard InChI is InChI=1S/C18H16Br2N2O4/c1-25-11-6-10(14(19)15(20)16(11)26-2)7-21-22-17(23)12-8-3-4-9(5-8)13(12)18(22)24/h3-4,6-9,12-13H,5H2,1-2H3. The van der Waals surface area contributed by atoms with Gasteiger partial charge in [-0.25, -0.2) is 0 Å². The highest BCUT2D eigenvalue weighted by Crippen LogP contribution is 2.52. The molecule has 1 aliphatic heterocycles. The largest absolute Gasteiger partial charge is 0.493 e. The Labute approximate surface area is 167 Å². The van der Waals surface area contributed by atoms with Gasteiger partial charge in [0.05, 0.1) is 36.7 Å². The van der Waals surface area contributed by atoms with Crippen LogP contribution in [0, 0.1) is 23.7 Å². The van der Waals surface area contributed by atoms with Crippen molar-refractivity contribution in [2.24, 2.45) is 28.8 Å². The summed E-state index contributed by atoms with van der Waals surface area (Å²) >= 11 is 6.93. The minimum absolute atomic E-state index is 0.170. The Bertz CT molecular complexity index is 837. The molecule has 4 rings (SSSR count). The molecule has 1 heterocycles. The zero-order chi connectivity index (χ0) is 18.6. The van der Waals surface area contributed by atoms with Crippen LogP contribution in [-0.2, 0) is 9.59 Å². The first-order valence-corrected chi connectivity index (χ1v) is 9.76. The molecule has 4 unspecified atom stereocenters. The highest BCUT2D eigenvalue weighted by atomic mass is 79.9. The maximum atomic E-state index is 12.7. The van der Waals surface area contributed by atoms with Gasteiger partial charge in [0.2, 0.25) is 0 Å². The van der Waals surface area contributed by atoms with E-state index >= 15 is 0 Å². The number of methoxy groups -OCH3 is 2. The average molecular weight is 484 g/mol. The second-order valence-corrected chi connectivity index (χ2v) is 8.15. The molecule has 1 aromatic carbocycles. The number of halogens is 2. The fraction of sp³-hybridized carbons (Fsp3) is 0.389. The highest BCUT2D eigenvalue weighted by molar-refractivity contribution is 9.13. The minimum Gasteiger partial charge on any atom is -0.493 e. The zero-order valence-corrected chi connectivity index (χ0v) is 17.3. The fourth-order valence-corrected chi connectivity index (χ4v) is 5.14. The number of nitrogens with zero attached hydrogens (tertiary/aromatic N) is 2. The third-order valence-corrected chi connectivity index (χ3v) is 7.48. The first-order valence-electron chi connectivity index (χ1n) is 8.18. The van der Waals surface area contributed by atoms with Gasteiger partial charge in [0, 0.05) is 10.0 Å². The summed E-state index contributed by atoms with van der Waals surface area (Å²) in [5.74, 6) is 0.481. The lowest BCUT2D eigenvalue weighted by atomic mass is 9.85. The molecule has 136 valence electrons. The second-order valence-electron chi connectivity index (χ2n) is 6.56. The topological polar surface area (TPSA) is 68.2 Å². The number of hydrazone groups is 1. The molecule has 2 aliphatic carbocycles. The first-order chi connectivity index (χ1) is 12.5. The van der Waals surface area contributed by atoms with Crippen LogP contribution in [0.1, 0.15) is 12.0 Å². The lowest BCUT2D eigenvalue weighted by Crippen LogP contribution is -2.28. The Morgan fingerprint density at radius 3 is 2.23 bits per heavy atom. The van der Waals surface area contributed by atoms with Crippen molar-refractivity contribution in [3.63, 3.8) is 0 Å². The van der Waals surface area contributed by atoms with Gasteiger partial charge in [-0.2, -0.15) is 10.1 Å². The number of allylic oxidation sites excluding steroid dienone is 2. The molecule has 0 spiro atoms. The minimum atomic E-state index is -0.254. The number of benzene rings is 1. The van der Waals surface area contributed by atoms with Crippen LogP contribution in [0.15, 0.2) is 32.3 Å². The second kappa shape index (κ2) is 6.49. The molecule has 2 fully saturated rings. The van der Waals surface area contributed by atoms with E-state index in [0.29, 0.717) is 26.0 Å². The molecule has 2 amide bonds.